The zero-order valence-electron chi connectivity index (χ0n) is 28.9. The van der Waals surface area contributed by atoms with Crippen molar-refractivity contribution in [1.82, 2.24) is 29.7 Å². The summed E-state index contributed by atoms with van der Waals surface area (Å²) < 4.78 is 8.10. The molecule has 52 heavy (non-hydrogen) atoms. The molecule has 3 fully saturated rings. The van der Waals surface area contributed by atoms with Crippen molar-refractivity contribution in [2.24, 2.45) is 11.7 Å². The normalized spacial score (nSPS) is 21.1. The lowest BCUT2D eigenvalue weighted by atomic mass is 9.84. The number of carbonyl (C=O) groups is 5. The minimum Gasteiger partial charge on any atom is -0.381 e. The van der Waals surface area contributed by atoms with Crippen molar-refractivity contribution in [3.8, 4) is 0 Å². The Morgan fingerprint density at radius 2 is 1.67 bits per heavy atom. The summed E-state index contributed by atoms with van der Waals surface area (Å²) in [6, 6.07) is 15.4. The standard InChI is InChI=1S/C38H43N7O7/c39-33(47)32(46)38(15-18-52-19-16-38)41-35(49)30-22-28(45-37(51)43-17-7-6-12-31(43)42-45)23-44(30)36(50)29(20-24-8-2-1-3-9-24)40-34(48)27-14-13-25-10-4-5-11-26(25)21-27/h4-7,10-14,17,21,24,28-30H,1-3,8-9,15-16,18-20,22-23H2,(H2,39,47)(H,40,48)(H,41,49)/t28-,29+,30-/m0/s1. The molecule has 14 nitrogen and oxygen atoms in total. The molecule has 4 amide bonds. The number of rotatable bonds is 10. The van der Waals surface area contributed by atoms with Crippen LogP contribution in [0.1, 0.15) is 74.2 Å². The predicted molar refractivity (Wildman–Crippen MR) is 190 cm³/mol. The van der Waals surface area contributed by atoms with E-state index in [-0.39, 0.29) is 44.9 Å². The van der Waals surface area contributed by atoms with Crippen LogP contribution in [-0.2, 0) is 23.9 Å². The summed E-state index contributed by atoms with van der Waals surface area (Å²) >= 11 is 0. The highest BCUT2D eigenvalue weighted by Gasteiger charge is 2.49. The fraction of sp³-hybridized carbons (Fsp3) is 0.447. The van der Waals surface area contributed by atoms with E-state index < -0.39 is 58.8 Å². The number of primary amides is 1. The molecule has 14 heteroatoms. The number of nitrogens with one attached hydrogen (secondary N) is 2. The van der Waals surface area contributed by atoms with E-state index in [1.807, 2.05) is 30.3 Å². The SMILES string of the molecule is NC(=O)C(=O)C1(NC(=O)[C@@H]2C[C@H](n3nc4ccccn4c3=O)CN2C(=O)[C@@H](CC2CCCCC2)NC(=O)c2ccc3ccccc3c2)CCOCC1. The van der Waals surface area contributed by atoms with Gasteiger partial charge in [-0.05, 0) is 47.4 Å². The van der Waals surface area contributed by atoms with Crippen LogP contribution < -0.4 is 22.1 Å². The molecule has 4 aromatic rings. The number of benzene rings is 2. The molecule has 1 aliphatic carbocycles. The lowest BCUT2D eigenvalue weighted by molar-refractivity contribution is -0.147. The van der Waals surface area contributed by atoms with E-state index in [9.17, 15) is 28.8 Å². The maximum absolute atomic E-state index is 14.8. The lowest BCUT2D eigenvalue weighted by Gasteiger charge is -2.37. The zero-order valence-corrected chi connectivity index (χ0v) is 28.9. The molecule has 2 aromatic heterocycles. The van der Waals surface area contributed by atoms with Crippen LogP contribution in [0.15, 0.2) is 71.7 Å². The highest BCUT2D eigenvalue weighted by molar-refractivity contribution is 6.39. The van der Waals surface area contributed by atoms with Gasteiger partial charge in [-0.25, -0.2) is 9.48 Å². The molecule has 3 atom stereocenters. The third-order valence-electron chi connectivity index (χ3n) is 10.9. The van der Waals surface area contributed by atoms with Gasteiger partial charge >= 0.3 is 5.69 Å². The third-order valence-corrected chi connectivity index (χ3v) is 10.9. The van der Waals surface area contributed by atoms with Gasteiger partial charge in [-0.15, -0.1) is 5.10 Å². The second-order valence-corrected chi connectivity index (χ2v) is 14.3. The Hall–Kier alpha value is -5.37. The minimum absolute atomic E-state index is 0.00741. The summed E-state index contributed by atoms with van der Waals surface area (Å²) in [4.78, 5) is 83.1. The van der Waals surface area contributed by atoms with Crippen molar-refractivity contribution in [3.63, 3.8) is 0 Å². The number of carbonyl (C=O) groups excluding carboxylic acids is 5. The van der Waals surface area contributed by atoms with Crippen LogP contribution in [0.4, 0.5) is 0 Å². The maximum Gasteiger partial charge on any atom is 0.350 e. The number of likely N-dealkylation sites (tertiary alicyclic amines) is 1. The van der Waals surface area contributed by atoms with Crippen LogP contribution in [0.5, 0.6) is 0 Å². The Morgan fingerprint density at radius 3 is 2.40 bits per heavy atom. The highest BCUT2D eigenvalue weighted by Crippen LogP contribution is 2.32. The number of Topliss-reactive ketones (excluding diaryl/α,β-unsaturated/α-hetero) is 1. The van der Waals surface area contributed by atoms with Gasteiger partial charge in [-0.3, -0.25) is 28.4 Å². The first-order valence-electron chi connectivity index (χ1n) is 18.0. The summed E-state index contributed by atoms with van der Waals surface area (Å²) in [5, 5.41) is 12.2. The smallest absolute Gasteiger partial charge is 0.350 e. The van der Waals surface area contributed by atoms with Crippen LogP contribution in [0, 0.1) is 5.92 Å². The van der Waals surface area contributed by atoms with Gasteiger partial charge in [0.1, 0.15) is 17.6 Å². The van der Waals surface area contributed by atoms with Gasteiger partial charge in [0.25, 0.3) is 11.8 Å². The Balaban J connectivity index is 1.22. The first-order chi connectivity index (χ1) is 25.1. The molecule has 7 rings (SSSR count). The summed E-state index contributed by atoms with van der Waals surface area (Å²) in [5.74, 6) is -3.49. The Labute approximate surface area is 299 Å². The van der Waals surface area contributed by atoms with Crippen molar-refractivity contribution >= 4 is 45.8 Å². The van der Waals surface area contributed by atoms with Crippen molar-refractivity contribution in [2.75, 3.05) is 19.8 Å². The van der Waals surface area contributed by atoms with Crippen LogP contribution >= 0.6 is 0 Å². The Bertz CT molecular complexity index is 2080. The van der Waals surface area contributed by atoms with Gasteiger partial charge < -0.3 is 26.0 Å². The Kier molecular flexibility index (Phi) is 9.91. The molecule has 2 aliphatic heterocycles. The molecule has 0 spiro atoms. The molecule has 4 heterocycles. The quantitative estimate of drug-likeness (QED) is 0.209. The molecule has 2 saturated heterocycles. The van der Waals surface area contributed by atoms with Crippen LogP contribution in [0.3, 0.4) is 0 Å². The fourth-order valence-corrected chi connectivity index (χ4v) is 8.10. The largest absolute Gasteiger partial charge is 0.381 e. The molecular formula is C38H43N7O7. The van der Waals surface area contributed by atoms with Crippen molar-refractivity contribution in [1.29, 1.82) is 0 Å². The summed E-state index contributed by atoms with van der Waals surface area (Å²) in [7, 11) is 0. The number of hydrogen-bond acceptors (Lipinski definition) is 8. The number of nitrogens with two attached hydrogens (primary N) is 1. The lowest BCUT2D eigenvalue weighted by Crippen LogP contribution is -2.64. The number of hydrogen-bond donors (Lipinski definition) is 3. The highest BCUT2D eigenvalue weighted by atomic mass is 16.5. The molecule has 3 aliphatic rings. The van der Waals surface area contributed by atoms with Gasteiger partial charge in [0.2, 0.25) is 17.6 Å². The van der Waals surface area contributed by atoms with Gasteiger partial charge in [-0.2, -0.15) is 0 Å². The number of fused-ring (bicyclic) bond motifs is 2. The molecule has 0 radical (unpaired) electrons. The second-order valence-electron chi connectivity index (χ2n) is 14.3. The first kappa shape index (κ1) is 35.1. The van der Waals surface area contributed by atoms with E-state index in [0.717, 1.165) is 42.9 Å². The van der Waals surface area contributed by atoms with E-state index in [1.165, 1.54) is 14.0 Å². The van der Waals surface area contributed by atoms with Gasteiger partial charge in [0.05, 0.1) is 6.04 Å². The van der Waals surface area contributed by atoms with Crippen molar-refractivity contribution in [2.45, 2.75) is 81.5 Å². The molecule has 272 valence electrons. The summed E-state index contributed by atoms with van der Waals surface area (Å²) in [6.07, 6.45) is 7.03. The van der Waals surface area contributed by atoms with Crippen molar-refractivity contribution < 1.29 is 28.7 Å². The van der Waals surface area contributed by atoms with E-state index >= 15 is 0 Å². The molecule has 4 N–H and O–H groups in total. The van der Waals surface area contributed by atoms with Gasteiger partial charge in [-0.1, -0.05) is 68.5 Å². The summed E-state index contributed by atoms with van der Waals surface area (Å²) in [6.45, 7) is 0.194. The number of ketones is 1. The van der Waals surface area contributed by atoms with Crippen LogP contribution in [-0.4, -0.2) is 85.9 Å². The van der Waals surface area contributed by atoms with Crippen LogP contribution in [0.2, 0.25) is 0 Å². The second kappa shape index (κ2) is 14.7. The molecule has 2 aromatic carbocycles. The van der Waals surface area contributed by atoms with Crippen molar-refractivity contribution in [3.05, 3.63) is 82.9 Å². The number of amides is 4. The van der Waals surface area contributed by atoms with E-state index in [1.54, 1.807) is 36.5 Å². The Morgan fingerprint density at radius 1 is 0.942 bits per heavy atom. The average molecular weight is 710 g/mol. The molecular weight excluding hydrogens is 666 g/mol. The molecule has 0 unspecified atom stereocenters. The van der Waals surface area contributed by atoms with E-state index in [2.05, 4.69) is 15.7 Å². The zero-order chi connectivity index (χ0) is 36.4. The number of nitrogens with zero attached hydrogens (tertiary/aromatic N) is 4. The summed E-state index contributed by atoms with van der Waals surface area (Å²) in [5.41, 5.74) is 4.21. The maximum atomic E-state index is 14.8. The van der Waals surface area contributed by atoms with E-state index in [0.29, 0.717) is 17.6 Å². The topological polar surface area (TPSA) is 187 Å². The number of pyridine rings is 1. The van der Waals surface area contributed by atoms with Gasteiger partial charge in [0.15, 0.2) is 5.65 Å². The number of aromatic nitrogens is 3. The van der Waals surface area contributed by atoms with Gasteiger partial charge in [0, 0.05) is 50.8 Å². The molecule has 0 bridgehead atoms. The fourth-order valence-electron chi connectivity index (χ4n) is 8.10. The van der Waals surface area contributed by atoms with Crippen LogP contribution in [0.25, 0.3) is 16.4 Å². The first-order valence-corrected chi connectivity index (χ1v) is 18.0. The number of ether oxygens (including phenoxy) is 1. The third kappa shape index (κ3) is 6.94. The predicted octanol–water partition coefficient (Wildman–Crippen LogP) is 2.28. The molecule has 1 saturated carbocycles. The monoisotopic (exact) mass is 709 g/mol. The average Bonchev–Trinajstić information content (AvgIpc) is 3.76. The minimum atomic E-state index is -1.60. The van der Waals surface area contributed by atoms with E-state index in [4.69, 9.17) is 10.5 Å².